The molecule has 1 aromatic carbocycles. The molecule has 1 aromatic heterocycles. The van der Waals surface area contributed by atoms with Gasteiger partial charge in [-0.05, 0) is 30.3 Å². The first-order valence-electron chi connectivity index (χ1n) is 5.14. The van der Waals surface area contributed by atoms with Crippen molar-refractivity contribution in [1.82, 2.24) is 9.97 Å². The average molecular weight is 244 g/mol. The standard InChI is InChI=1S/C13H9FN2O2/c14-11-4-1-9(2-5-11)13-10(3-6-12(17)18)7-15-8-16-13/h1-8H,(H,17,18)/b6-3+. The molecule has 0 bridgehead atoms. The van der Waals surface area contributed by atoms with Crippen LogP contribution < -0.4 is 0 Å². The summed E-state index contributed by atoms with van der Waals surface area (Å²) >= 11 is 0. The Morgan fingerprint density at radius 2 is 2.00 bits per heavy atom. The van der Waals surface area contributed by atoms with Gasteiger partial charge in [0.25, 0.3) is 0 Å². The number of halogens is 1. The van der Waals surface area contributed by atoms with E-state index in [1.54, 1.807) is 12.1 Å². The van der Waals surface area contributed by atoms with Crippen LogP contribution in [0.2, 0.25) is 0 Å². The Morgan fingerprint density at radius 3 is 2.67 bits per heavy atom. The second-order valence-corrected chi connectivity index (χ2v) is 3.51. The molecule has 0 unspecified atom stereocenters. The van der Waals surface area contributed by atoms with Gasteiger partial charge in [-0.3, -0.25) is 0 Å². The Morgan fingerprint density at radius 1 is 1.28 bits per heavy atom. The highest BCUT2D eigenvalue weighted by Crippen LogP contribution is 2.21. The number of carboxylic acid groups (broad SMARTS) is 1. The van der Waals surface area contributed by atoms with Gasteiger partial charge in [0.15, 0.2) is 0 Å². The molecule has 1 heterocycles. The summed E-state index contributed by atoms with van der Waals surface area (Å²) < 4.78 is 12.8. The molecule has 0 atom stereocenters. The Kier molecular flexibility index (Phi) is 3.43. The van der Waals surface area contributed by atoms with Gasteiger partial charge in [0, 0.05) is 23.4 Å². The summed E-state index contributed by atoms with van der Waals surface area (Å²) in [7, 11) is 0. The van der Waals surface area contributed by atoms with Crippen molar-refractivity contribution < 1.29 is 14.3 Å². The van der Waals surface area contributed by atoms with Crippen molar-refractivity contribution in [2.45, 2.75) is 0 Å². The van der Waals surface area contributed by atoms with Crippen LogP contribution in [0, 0.1) is 5.82 Å². The summed E-state index contributed by atoms with van der Waals surface area (Å²) in [6.45, 7) is 0. The Balaban J connectivity index is 2.44. The summed E-state index contributed by atoms with van der Waals surface area (Å²) in [4.78, 5) is 18.4. The molecule has 2 aromatic rings. The summed E-state index contributed by atoms with van der Waals surface area (Å²) in [6.07, 6.45) is 5.27. The predicted octanol–water partition coefficient (Wildman–Crippen LogP) is 2.38. The monoisotopic (exact) mass is 244 g/mol. The van der Waals surface area contributed by atoms with E-state index < -0.39 is 5.97 Å². The zero-order valence-electron chi connectivity index (χ0n) is 9.25. The fraction of sp³-hybridized carbons (Fsp3) is 0. The van der Waals surface area contributed by atoms with Crippen LogP contribution in [0.4, 0.5) is 4.39 Å². The average Bonchev–Trinajstić information content (AvgIpc) is 2.38. The molecular formula is C13H9FN2O2. The molecule has 1 N–H and O–H groups in total. The number of rotatable bonds is 3. The van der Waals surface area contributed by atoms with Gasteiger partial charge in [-0.25, -0.2) is 19.2 Å². The Labute approximate surface area is 102 Å². The molecule has 5 heteroatoms. The van der Waals surface area contributed by atoms with Crippen LogP contribution in [-0.2, 0) is 4.79 Å². The molecule has 0 fully saturated rings. The van der Waals surface area contributed by atoms with Gasteiger partial charge >= 0.3 is 5.97 Å². The minimum atomic E-state index is -1.05. The third kappa shape index (κ3) is 2.76. The molecule has 0 aliphatic carbocycles. The normalized spacial score (nSPS) is 10.7. The molecule has 0 saturated carbocycles. The van der Waals surface area contributed by atoms with Crippen molar-refractivity contribution in [3.8, 4) is 11.3 Å². The van der Waals surface area contributed by atoms with Gasteiger partial charge < -0.3 is 5.11 Å². The van der Waals surface area contributed by atoms with Crippen LogP contribution in [0.3, 0.4) is 0 Å². The van der Waals surface area contributed by atoms with Crippen molar-refractivity contribution in [2.24, 2.45) is 0 Å². The lowest BCUT2D eigenvalue weighted by Gasteiger charge is -2.03. The zero-order valence-corrected chi connectivity index (χ0v) is 9.25. The first kappa shape index (κ1) is 11.9. The summed E-state index contributed by atoms with van der Waals surface area (Å²) in [6, 6.07) is 5.80. The van der Waals surface area contributed by atoms with Gasteiger partial charge in [0.05, 0.1) is 5.69 Å². The quantitative estimate of drug-likeness (QED) is 0.842. The topological polar surface area (TPSA) is 63.1 Å². The van der Waals surface area contributed by atoms with Crippen molar-refractivity contribution in [3.05, 3.63) is 54.2 Å². The van der Waals surface area contributed by atoms with E-state index in [2.05, 4.69) is 9.97 Å². The zero-order chi connectivity index (χ0) is 13.0. The van der Waals surface area contributed by atoms with Crippen LogP contribution in [-0.4, -0.2) is 21.0 Å². The van der Waals surface area contributed by atoms with Gasteiger partial charge in [0.2, 0.25) is 0 Å². The molecule has 0 aliphatic heterocycles. The van der Waals surface area contributed by atoms with Crippen LogP contribution >= 0.6 is 0 Å². The molecule has 0 spiro atoms. The first-order valence-corrected chi connectivity index (χ1v) is 5.14. The van der Waals surface area contributed by atoms with Crippen LogP contribution in [0.15, 0.2) is 42.9 Å². The lowest BCUT2D eigenvalue weighted by Crippen LogP contribution is -1.92. The fourth-order valence-corrected chi connectivity index (χ4v) is 1.47. The second-order valence-electron chi connectivity index (χ2n) is 3.51. The number of hydrogen-bond donors (Lipinski definition) is 1. The van der Waals surface area contributed by atoms with Gasteiger partial charge in [0.1, 0.15) is 12.1 Å². The number of aliphatic carboxylic acids is 1. The highest BCUT2D eigenvalue weighted by atomic mass is 19.1. The summed E-state index contributed by atoms with van der Waals surface area (Å²) in [5.74, 6) is -1.39. The lowest BCUT2D eigenvalue weighted by molar-refractivity contribution is -0.131. The van der Waals surface area contributed by atoms with E-state index in [1.165, 1.54) is 30.7 Å². The molecule has 4 nitrogen and oxygen atoms in total. The number of hydrogen-bond acceptors (Lipinski definition) is 3. The SMILES string of the molecule is O=C(O)/C=C/c1cncnc1-c1ccc(F)cc1. The van der Waals surface area contributed by atoms with Crippen LogP contribution in [0.1, 0.15) is 5.56 Å². The van der Waals surface area contributed by atoms with Crippen LogP contribution in [0.25, 0.3) is 17.3 Å². The van der Waals surface area contributed by atoms with Crippen LogP contribution in [0.5, 0.6) is 0 Å². The molecule has 0 radical (unpaired) electrons. The number of aromatic nitrogens is 2. The van der Waals surface area contributed by atoms with Crippen molar-refractivity contribution in [1.29, 1.82) is 0 Å². The van der Waals surface area contributed by atoms with Crippen molar-refractivity contribution >= 4 is 12.0 Å². The van der Waals surface area contributed by atoms with E-state index in [1.807, 2.05) is 0 Å². The largest absolute Gasteiger partial charge is 0.478 e. The highest BCUT2D eigenvalue weighted by molar-refractivity contribution is 5.87. The number of benzene rings is 1. The van der Waals surface area contributed by atoms with Crippen molar-refractivity contribution in [2.75, 3.05) is 0 Å². The maximum atomic E-state index is 12.8. The van der Waals surface area contributed by atoms with E-state index in [4.69, 9.17) is 5.11 Å². The summed E-state index contributed by atoms with van der Waals surface area (Å²) in [5, 5.41) is 8.60. The minimum Gasteiger partial charge on any atom is -0.478 e. The highest BCUT2D eigenvalue weighted by Gasteiger charge is 2.05. The van der Waals surface area contributed by atoms with E-state index in [9.17, 15) is 9.18 Å². The third-order valence-corrected chi connectivity index (χ3v) is 2.26. The third-order valence-electron chi connectivity index (χ3n) is 2.26. The molecule has 90 valence electrons. The molecule has 0 saturated heterocycles. The lowest BCUT2D eigenvalue weighted by atomic mass is 10.1. The smallest absolute Gasteiger partial charge is 0.328 e. The second kappa shape index (κ2) is 5.18. The summed E-state index contributed by atoms with van der Waals surface area (Å²) in [5.41, 5.74) is 1.82. The Bertz CT molecular complexity index is 594. The van der Waals surface area contributed by atoms with Gasteiger partial charge in [-0.1, -0.05) is 0 Å². The van der Waals surface area contributed by atoms with E-state index in [-0.39, 0.29) is 5.82 Å². The predicted molar refractivity (Wildman–Crippen MR) is 64.1 cm³/mol. The van der Waals surface area contributed by atoms with Gasteiger partial charge in [-0.2, -0.15) is 0 Å². The van der Waals surface area contributed by atoms with E-state index >= 15 is 0 Å². The fourth-order valence-electron chi connectivity index (χ4n) is 1.47. The van der Waals surface area contributed by atoms with Crippen molar-refractivity contribution in [3.63, 3.8) is 0 Å². The molecule has 0 aliphatic rings. The number of carbonyl (C=O) groups is 1. The number of carboxylic acids is 1. The molecule has 0 amide bonds. The molecule has 18 heavy (non-hydrogen) atoms. The molecular weight excluding hydrogens is 235 g/mol. The maximum Gasteiger partial charge on any atom is 0.328 e. The first-order chi connectivity index (χ1) is 8.66. The Hall–Kier alpha value is -2.56. The maximum absolute atomic E-state index is 12.8. The molecule has 2 rings (SSSR count). The minimum absolute atomic E-state index is 0.338. The van der Waals surface area contributed by atoms with Gasteiger partial charge in [-0.15, -0.1) is 0 Å². The number of nitrogens with zero attached hydrogens (tertiary/aromatic N) is 2. The van der Waals surface area contributed by atoms with E-state index in [0.29, 0.717) is 16.8 Å². The van der Waals surface area contributed by atoms with E-state index in [0.717, 1.165) is 6.08 Å².